The van der Waals surface area contributed by atoms with E-state index in [2.05, 4.69) is 30.7 Å². The molecule has 16 heavy (non-hydrogen) atoms. The molecule has 2 aromatic heterocycles. The fraction of sp³-hybridized carbons (Fsp3) is 0.250. The van der Waals surface area contributed by atoms with Crippen LogP contribution in [0, 0.1) is 0 Å². The zero-order chi connectivity index (χ0) is 11.8. The van der Waals surface area contributed by atoms with E-state index in [0.717, 1.165) is 0 Å². The Morgan fingerprint density at radius 2 is 2.19 bits per heavy atom. The van der Waals surface area contributed by atoms with Gasteiger partial charge in [-0.3, -0.25) is 4.74 Å². The quantitative estimate of drug-likeness (QED) is 0.855. The van der Waals surface area contributed by atoms with Crippen molar-refractivity contribution in [1.82, 2.24) is 14.6 Å². The first-order valence-corrected chi connectivity index (χ1v) is 4.94. The van der Waals surface area contributed by atoms with Crippen molar-refractivity contribution in [2.24, 2.45) is 0 Å². The summed E-state index contributed by atoms with van der Waals surface area (Å²) in [5.41, 5.74) is 0.772. The molecule has 0 saturated carbocycles. The minimum absolute atomic E-state index is 0.186. The first-order chi connectivity index (χ1) is 7.46. The van der Waals surface area contributed by atoms with Crippen molar-refractivity contribution in [2.75, 3.05) is 0 Å². The number of hydrogen-bond donors (Lipinski definition) is 0. The molecule has 0 N–H and O–H groups in total. The number of nitrogens with zero attached hydrogens (tertiary/aromatic N) is 3. The Labute approximate surface area is 96.2 Å². The second-order valence-electron chi connectivity index (χ2n) is 2.92. The molecule has 0 aromatic carbocycles. The van der Waals surface area contributed by atoms with Gasteiger partial charge in [-0.2, -0.15) is 5.10 Å². The van der Waals surface area contributed by atoms with Crippen molar-refractivity contribution in [3.63, 3.8) is 0 Å². The Balaban J connectivity index is 2.24. The lowest BCUT2D eigenvalue weighted by molar-refractivity contribution is -0.330. The first kappa shape index (κ1) is 11.3. The molecule has 4 nitrogen and oxygen atoms in total. The van der Waals surface area contributed by atoms with Gasteiger partial charge in [0.2, 0.25) is 0 Å². The summed E-state index contributed by atoms with van der Waals surface area (Å²) in [6, 6.07) is 1.48. The minimum atomic E-state index is -4.65. The van der Waals surface area contributed by atoms with E-state index in [-0.39, 0.29) is 5.69 Å². The van der Waals surface area contributed by atoms with Crippen molar-refractivity contribution in [3.8, 4) is 0 Å². The molecule has 2 heterocycles. The van der Waals surface area contributed by atoms with Crippen molar-refractivity contribution in [1.29, 1.82) is 0 Å². The molecule has 0 amide bonds. The van der Waals surface area contributed by atoms with Crippen molar-refractivity contribution in [3.05, 3.63) is 28.8 Å². The molecule has 0 aliphatic heterocycles. The maximum absolute atomic E-state index is 11.8. The number of hydrogen-bond acceptors (Lipinski definition) is 3. The van der Waals surface area contributed by atoms with E-state index in [4.69, 9.17) is 0 Å². The molecule has 0 aliphatic rings. The third-order valence-electron chi connectivity index (χ3n) is 1.78. The summed E-state index contributed by atoms with van der Waals surface area (Å²) in [7, 11) is 0. The Kier molecular flexibility index (Phi) is 2.85. The third-order valence-corrected chi connectivity index (χ3v) is 2.39. The fourth-order valence-corrected chi connectivity index (χ4v) is 1.58. The smallest absolute Gasteiger partial charge is 0.285 e. The highest BCUT2D eigenvalue weighted by molar-refractivity contribution is 9.10. The lowest BCUT2D eigenvalue weighted by Gasteiger charge is -2.04. The van der Waals surface area contributed by atoms with Crippen molar-refractivity contribution >= 4 is 21.4 Å². The summed E-state index contributed by atoms with van der Waals surface area (Å²) < 4.78 is 41.0. The average molecular weight is 296 g/mol. The highest BCUT2D eigenvalue weighted by Gasteiger charge is 2.29. The van der Waals surface area contributed by atoms with Gasteiger partial charge in [0, 0.05) is 12.4 Å². The van der Waals surface area contributed by atoms with Crippen LogP contribution in [0.25, 0.3) is 5.52 Å². The van der Waals surface area contributed by atoms with Gasteiger partial charge in [0.1, 0.15) is 11.2 Å². The number of ether oxygens (including phenoxy) is 1. The Hall–Kier alpha value is -1.15. The molecular weight excluding hydrogens is 291 g/mol. The molecule has 86 valence electrons. The first-order valence-electron chi connectivity index (χ1n) is 4.15. The largest absolute Gasteiger partial charge is 0.522 e. The van der Waals surface area contributed by atoms with Crippen molar-refractivity contribution in [2.45, 2.75) is 13.0 Å². The summed E-state index contributed by atoms with van der Waals surface area (Å²) in [5.74, 6) is 0. The van der Waals surface area contributed by atoms with E-state index < -0.39 is 13.0 Å². The third kappa shape index (κ3) is 2.50. The van der Waals surface area contributed by atoms with Crippen LogP contribution in [0.2, 0.25) is 0 Å². The number of halogens is 4. The Morgan fingerprint density at radius 1 is 1.44 bits per heavy atom. The van der Waals surface area contributed by atoms with Crippen LogP contribution in [0.3, 0.4) is 0 Å². The van der Waals surface area contributed by atoms with Gasteiger partial charge in [-0.05, 0) is 22.0 Å². The Bertz CT molecular complexity index is 511. The van der Waals surface area contributed by atoms with Crippen LogP contribution in [0.5, 0.6) is 0 Å². The zero-order valence-corrected chi connectivity index (χ0v) is 9.29. The van der Waals surface area contributed by atoms with Gasteiger partial charge in [0.25, 0.3) is 0 Å². The molecule has 2 aromatic rings. The van der Waals surface area contributed by atoms with Gasteiger partial charge in [-0.1, -0.05) is 0 Å². The predicted octanol–water partition coefficient (Wildman–Crippen LogP) is 2.53. The maximum Gasteiger partial charge on any atom is 0.522 e. The highest BCUT2D eigenvalue weighted by Crippen LogP contribution is 2.20. The highest BCUT2D eigenvalue weighted by atomic mass is 79.9. The lowest BCUT2D eigenvalue weighted by atomic mass is 10.4. The van der Waals surface area contributed by atoms with Crippen LogP contribution in [0.4, 0.5) is 13.2 Å². The van der Waals surface area contributed by atoms with Crippen LogP contribution in [-0.4, -0.2) is 21.0 Å². The molecule has 2 rings (SSSR count). The molecule has 0 bridgehead atoms. The normalized spacial score (nSPS) is 12.2. The molecule has 0 saturated heterocycles. The second kappa shape index (κ2) is 4.02. The molecule has 0 spiro atoms. The van der Waals surface area contributed by atoms with E-state index in [1.165, 1.54) is 23.0 Å². The summed E-state index contributed by atoms with van der Waals surface area (Å²) in [5, 5.41) is 3.90. The topological polar surface area (TPSA) is 39.4 Å². The standard InChI is InChI=1S/C8H5BrF3N3O/c9-7-6-3-5(4-16-8(10,11)12)14-15(6)2-1-13-7/h1-3H,4H2. The average Bonchev–Trinajstić information content (AvgIpc) is 2.58. The van der Waals surface area contributed by atoms with Crippen LogP contribution in [-0.2, 0) is 11.3 Å². The van der Waals surface area contributed by atoms with Crippen LogP contribution in [0.1, 0.15) is 5.69 Å². The molecule has 0 unspecified atom stereocenters. The summed E-state index contributed by atoms with van der Waals surface area (Å²) in [4.78, 5) is 3.92. The van der Waals surface area contributed by atoms with Crippen LogP contribution >= 0.6 is 15.9 Å². The van der Waals surface area contributed by atoms with Gasteiger partial charge in [0.05, 0.1) is 11.2 Å². The maximum atomic E-state index is 11.8. The van der Waals surface area contributed by atoms with Gasteiger partial charge in [0.15, 0.2) is 0 Å². The lowest BCUT2D eigenvalue weighted by Crippen LogP contribution is -2.13. The predicted molar refractivity (Wildman–Crippen MR) is 51.5 cm³/mol. The molecular formula is C8H5BrF3N3O. The monoisotopic (exact) mass is 295 g/mol. The van der Waals surface area contributed by atoms with Gasteiger partial charge >= 0.3 is 6.36 Å². The molecule has 8 heteroatoms. The molecule has 0 aliphatic carbocycles. The zero-order valence-electron chi connectivity index (χ0n) is 7.70. The summed E-state index contributed by atoms with van der Waals surface area (Å²) >= 11 is 3.17. The van der Waals surface area contributed by atoms with Crippen molar-refractivity contribution < 1.29 is 17.9 Å². The number of rotatable bonds is 2. The second-order valence-corrected chi connectivity index (χ2v) is 3.67. The van der Waals surface area contributed by atoms with Crippen LogP contribution in [0.15, 0.2) is 23.1 Å². The number of alkyl halides is 3. The van der Waals surface area contributed by atoms with E-state index in [0.29, 0.717) is 10.1 Å². The summed E-state index contributed by atoms with van der Waals surface area (Å²) in [6.45, 7) is -0.613. The van der Waals surface area contributed by atoms with E-state index >= 15 is 0 Å². The molecule has 0 atom stereocenters. The number of aromatic nitrogens is 3. The SMILES string of the molecule is FC(F)(F)OCc1cc2c(Br)nccn2n1. The Morgan fingerprint density at radius 3 is 2.81 bits per heavy atom. The number of fused-ring (bicyclic) bond motifs is 1. The van der Waals surface area contributed by atoms with Crippen LogP contribution < -0.4 is 0 Å². The van der Waals surface area contributed by atoms with E-state index in [1.807, 2.05) is 0 Å². The molecule has 0 fully saturated rings. The van der Waals surface area contributed by atoms with Gasteiger partial charge < -0.3 is 0 Å². The van der Waals surface area contributed by atoms with E-state index in [1.54, 1.807) is 0 Å². The van der Waals surface area contributed by atoms with Gasteiger partial charge in [-0.15, -0.1) is 13.2 Å². The fourth-order valence-electron chi connectivity index (χ4n) is 1.17. The van der Waals surface area contributed by atoms with Gasteiger partial charge in [-0.25, -0.2) is 9.50 Å². The molecule has 0 radical (unpaired) electrons. The van der Waals surface area contributed by atoms with E-state index in [9.17, 15) is 13.2 Å². The summed E-state index contributed by atoms with van der Waals surface area (Å²) in [6.07, 6.45) is -1.62. The minimum Gasteiger partial charge on any atom is -0.285 e.